The van der Waals surface area contributed by atoms with Gasteiger partial charge in [-0.2, -0.15) is 0 Å². The molecule has 2 heterocycles. The molecule has 5 nitrogen and oxygen atoms in total. The Balaban J connectivity index is 1.30. The van der Waals surface area contributed by atoms with Gasteiger partial charge in [-0.25, -0.2) is 4.98 Å². The Bertz CT molecular complexity index is 1040. The van der Waals surface area contributed by atoms with E-state index in [9.17, 15) is 0 Å². The summed E-state index contributed by atoms with van der Waals surface area (Å²) in [7, 11) is 1.72. The summed E-state index contributed by atoms with van der Waals surface area (Å²) in [5, 5.41) is 3.63. The van der Waals surface area contributed by atoms with Gasteiger partial charge in [0.2, 0.25) is 0 Å². The minimum Gasteiger partial charge on any atom is -0.493 e. The molecule has 1 saturated carbocycles. The van der Waals surface area contributed by atoms with Crippen molar-refractivity contribution in [2.75, 3.05) is 20.2 Å². The highest BCUT2D eigenvalue weighted by atomic mass is 16.5. The molecule has 0 bridgehead atoms. The first kappa shape index (κ1) is 20.4. The number of piperidine rings is 1. The molecule has 0 unspecified atom stereocenters. The second-order valence-electron chi connectivity index (χ2n) is 9.13. The molecule has 0 spiro atoms. The van der Waals surface area contributed by atoms with Crippen molar-refractivity contribution in [2.45, 2.75) is 57.5 Å². The fourth-order valence-electron chi connectivity index (χ4n) is 5.13. The molecule has 1 aliphatic heterocycles. The first-order valence-corrected chi connectivity index (χ1v) is 11.6. The number of hydrogen-bond acceptors (Lipinski definition) is 5. The van der Waals surface area contributed by atoms with E-state index in [0.29, 0.717) is 17.9 Å². The van der Waals surface area contributed by atoms with E-state index in [1.54, 1.807) is 7.11 Å². The van der Waals surface area contributed by atoms with Crippen molar-refractivity contribution in [3.63, 3.8) is 0 Å². The van der Waals surface area contributed by atoms with Crippen molar-refractivity contribution in [1.29, 1.82) is 0 Å². The molecule has 2 fully saturated rings. The van der Waals surface area contributed by atoms with E-state index in [2.05, 4.69) is 36.5 Å². The molecule has 2 aliphatic rings. The van der Waals surface area contributed by atoms with Crippen LogP contribution in [0.2, 0.25) is 0 Å². The highest BCUT2D eigenvalue weighted by Gasteiger charge is 2.26. The topological polar surface area (TPSA) is 56.5 Å². The van der Waals surface area contributed by atoms with E-state index in [4.69, 9.17) is 18.9 Å². The summed E-state index contributed by atoms with van der Waals surface area (Å²) in [5.41, 5.74) is 4.34. The lowest BCUT2D eigenvalue weighted by molar-refractivity contribution is 0.200. The molecule has 5 heteroatoms. The molecule has 0 amide bonds. The van der Waals surface area contributed by atoms with Crippen molar-refractivity contribution in [1.82, 2.24) is 10.3 Å². The molecule has 1 aliphatic carbocycles. The molecular weight excluding hydrogens is 388 g/mol. The van der Waals surface area contributed by atoms with E-state index in [0.717, 1.165) is 72.8 Å². The zero-order chi connectivity index (χ0) is 21.2. The van der Waals surface area contributed by atoms with Crippen LogP contribution in [0, 0.1) is 12.8 Å². The lowest BCUT2D eigenvalue weighted by atomic mass is 9.84. The Labute approximate surface area is 184 Å². The first-order valence-electron chi connectivity index (χ1n) is 11.6. The molecule has 164 valence electrons. The summed E-state index contributed by atoms with van der Waals surface area (Å²) in [6.45, 7) is 4.05. The molecule has 2 aromatic carbocycles. The molecule has 2 atom stereocenters. The van der Waals surface area contributed by atoms with Gasteiger partial charge in [0.1, 0.15) is 5.52 Å². The summed E-state index contributed by atoms with van der Waals surface area (Å²) in [5.74, 6) is 3.51. The number of methoxy groups -OCH3 is 1. The van der Waals surface area contributed by atoms with Crippen LogP contribution >= 0.6 is 0 Å². The summed E-state index contributed by atoms with van der Waals surface area (Å²) in [6.07, 6.45) is 7.10. The van der Waals surface area contributed by atoms with Crippen LogP contribution in [-0.4, -0.2) is 31.3 Å². The number of benzene rings is 2. The number of rotatable bonds is 6. The van der Waals surface area contributed by atoms with Gasteiger partial charge in [0.15, 0.2) is 23.0 Å². The van der Waals surface area contributed by atoms with Gasteiger partial charge >= 0.3 is 0 Å². The maximum atomic E-state index is 6.33. The smallest absolute Gasteiger partial charge is 0.195 e. The minimum absolute atomic E-state index is 0.323. The Morgan fingerprint density at radius 1 is 1.10 bits per heavy atom. The maximum absolute atomic E-state index is 6.33. The summed E-state index contributed by atoms with van der Waals surface area (Å²) < 4.78 is 18.0. The van der Waals surface area contributed by atoms with E-state index in [-0.39, 0.29) is 0 Å². The predicted octanol–water partition coefficient (Wildman–Crippen LogP) is 5.40. The van der Waals surface area contributed by atoms with Gasteiger partial charge in [-0.3, -0.25) is 0 Å². The maximum Gasteiger partial charge on any atom is 0.195 e. The van der Waals surface area contributed by atoms with Crippen LogP contribution in [0.4, 0.5) is 0 Å². The van der Waals surface area contributed by atoms with Gasteiger partial charge in [-0.1, -0.05) is 18.2 Å². The molecule has 0 radical (unpaired) electrons. The van der Waals surface area contributed by atoms with Gasteiger partial charge in [0.05, 0.1) is 13.2 Å². The van der Waals surface area contributed by atoms with Crippen LogP contribution in [0.3, 0.4) is 0 Å². The van der Waals surface area contributed by atoms with Gasteiger partial charge in [-0.05, 0) is 86.7 Å². The number of aromatic nitrogens is 1. The van der Waals surface area contributed by atoms with Crippen molar-refractivity contribution < 1.29 is 13.9 Å². The van der Waals surface area contributed by atoms with E-state index in [1.165, 1.54) is 18.4 Å². The third-order valence-electron chi connectivity index (χ3n) is 6.82. The van der Waals surface area contributed by atoms with E-state index in [1.807, 2.05) is 12.1 Å². The molecule has 1 aromatic heterocycles. The summed E-state index contributed by atoms with van der Waals surface area (Å²) in [6, 6.07) is 12.6. The zero-order valence-corrected chi connectivity index (χ0v) is 18.5. The van der Waals surface area contributed by atoms with E-state index >= 15 is 0 Å². The van der Waals surface area contributed by atoms with Gasteiger partial charge in [0.25, 0.3) is 0 Å². The van der Waals surface area contributed by atoms with Crippen molar-refractivity contribution in [3.8, 4) is 11.5 Å². The van der Waals surface area contributed by atoms with Crippen LogP contribution in [0.5, 0.6) is 11.5 Å². The van der Waals surface area contributed by atoms with Gasteiger partial charge < -0.3 is 19.2 Å². The fourth-order valence-corrected chi connectivity index (χ4v) is 5.13. The molecule has 31 heavy (non-hydrogen) atoms. The fraction of sp³-hybridized carbons (Fsp3) is 0.500. The minimum atomic E-state index is 0.323. The third kappa shape index (κ3) is 4.42. The summed E-state index contributed by atoms with van der Waals surface area (Å²) in [4.78, 5) is 4.73. The van der Waals surface area contributed by atoms with Crippen molar-refractivity contribution in [3.05, 3.63) is 53.4 Å². The Kier molecular flexibility index (Phi) is 5.86. The molecular formula is C26H32N2O3. The highest BCUT2D eigenvalue weighted by Crippen LogP contribution is 2.37. The van der Waals surface area contributed by atoms with Gasteiger partial charge in [-0.15, -0.1) is 0 Å². The SMILES string of the molecule is COc1ccc([C@H]2CNC[C@@H](Cc3nc4cccc(C)c4o3)C2)cc1OC1CCCC1. The van der Waals surface area contributed by atoms with Crippen molar-refractivity contribution in [2.24, 2.45) is 5.92 Å². The standard InChI is InChI=1S/C26H32N2O3/c1-17-6-5-9-22-26(17)31-25(28-22)13-18-12-20(16-27-15-18)19-10-11-23(29-2)24(14-19)30-21-7-3-4-8-21/h5-6,9-11,14,18,20-21,27H,3-4,7-8,12-13,15-16H2,1-2H3/t18-,20-/m1/s1. The number of fused-ring (bicyclic) bond motifs is 1. The van der Waals surface area contributed by atoms with Crippen LogP contribution in [-0.2, 0) is 6.42 Å². The Morgan fingerprint density at radius 3 is 2.77 bits per heavy atom. The second kappa shape index (κ2) is 8.91. The van der Waals surface area contributed by atoms with Crippen LogP contribution in [0.15, 0.2) is 40.8 Å². The number of ether oxygens (including phenoxy) is 2. The molecule has 3 aromatic rings. The number of para-hydroxylation sites is 1. The monoisotopic (exact) mass is 420 g/mol. The summed E-state index contributed by atoms with van der Waals surface area (Å²) >= 11 is 0. The van der Waals surface area contributed by atoms with Gasteiger partial charge in [0, 0.05) is 13.0 Å². The number of hydrogen-bond donors (Lipinski definition) is 1. The highest BCUT2D eigenvalue weighted by molar-refractivity contribution is 5.75. The Morgan fingerprint density at radius 2 is 1.97 bits per heavy atom. The first-order chi connectivity index (χ1) is 15.2. The molecule has 1 N–H and O–H groups in total. The number of nitrogens with one attached hydrogen (secondary N) is 1. The average molecular weight is 421 g/mol. The quantitative estimate of drug-likeness (QED) is 0.578. The van der Waals surface area contributed by atoms with Crippen molar-refractivity contribution >= 4 is 11.1 Å². The molecule has 5 rings (SSSR count). The largest absolute Gasteiger partial charge is 0.493 e. The second-order valence-corrected chi connectivity index (χ2v) is 9.13. The lowest BCUT2D eigenvalue weighted by Gasteiger charge is -2.30. The Hall–Kier alpha value is -2.53. The third-order valence-corrected chi connectivity index (χ3v) is 6.82. The normalized spacial score (nSPS) is 22.1. The number of nitrogens with zero attached hydrogens (tertiary/aromatic N) is 1. The molecule has 1 saturated heterocycles. The van der Waals surface area contributed by atoms with Crippen LogP contribution in [0.1, 0.15) is 55.0 Å². The van der Waals surface area contributed by atoms with E-state index < -0.39 is 0 Å². The van der Waals surface area contributed by atoms with Crippen LogP contribution < -0.4 is 14.8 Å². The average Bonchev–Trinajstić information content (AvgIpc) is 3.44. The number of oxazole rings is 1. The predicted molar refractivity (Wildman–Crippen MR) is 122 cm³/mol. The lowest BCUT2D eigenvalue weighted by Crippen LogP contribution is -2.36. The van der Waals surface area contributed by atoms with Crippen LogP contribution in [0.25, 0.3) is 11.1 Å². The number of aryl methyl sites for hydroxylation is 1. The zero-order valence-electron chi connectivity index (χ0n) is 18.5.